The molecule has 0 saturated heterocycles. The van der Waals surface area contributed by atoms with Gasteiger partial charge < -0.3 is 4.74 Å². The van der Waals surface area contributed by atoms with Crippen molar-refractivity contribution < 1.29 is 9.53 Å². The Kier molecular flexibility index (Phi) is 2.12. The molecule has 13 heavy (non-hydrogen) atoms. The molecule has 1 fully saturated rings. The van der Waals surface area contributed by atoms with Crippen LogP contribution in [0.4, 0.5) is 0 Å². The van der Waals surface area contributed by atoms with E-state index in [0.29, 0.717) is 6.61 Å². The van der Waals surface area contributed by atoms with Gasteiger partial charge in [-0.05, 0) is 31.2 Å². The zero-order chi connectivity index (χ0) is 9.31. The zero-order valence-electron chi connectivity index (χ0n) is 7.58. The molecule has 0 unspecified atom stereocenters. The van der Waals surface area contributed by atoms with Crippen LogP contribution in [0.25, 0.3) is 0 Å². The zero-order valence-corrected chi connectivity index (χ0v) is 8.39. The Morgan fingerprint density at radius 3 is 2.92 bits per heavy atom. The van der Waals surface area contributed by atoms with Crippen LogP contribution in [0.5, 0.6) is 0 Å². The van der Waals surface area contributed by atoms with Gasteiger partial charge in [-0.15, -0.1) is 11.3 Å². The van der Waals surface area contributed by atoms with E-state index in [9.17, 15) is 4.79 Å². The van der Waals surface area contributed by atoms with Crippen molar-refractivity contribution in [2.24, 2.45) is 0 Å². The minimum atomic E-state index is -0.260. The van der Waals surface area contributed by atoms with Crippen LogP contribution < -0.4 is 0 Å². The number of thiophene rings is 1. The number of carbonyl (C=O) groups excluding carboxylic acids is 1. The second-order valence-corrected chi connectivity index (χ2v) is 4.23. The van der Waals surface area contributed by atoms with Gasteiger partial charge >= 0.3 is 5.97 Å². The summed E-state index contributed by atoms with van der Waals surface area (Å²) in [6.07, 6.45) is 1.90. The summed E-state index contributed by atoms with van der Waals surface area (Å²) in [4.78, 5) is 12.8. The Balaban J connectivity index is 2.17. The lowest BCUT2D eigenvalue weighted by Crippen LogP contribution is -2.21. The van der Waals surface area contributed by atoms with Crippen molar-refractivity contribution in [3.05, 3.63) is 22.4 Å². The average Bonchev–Trinajstić information content (AvgIpc) is 2.76. The highest BCUT2D eigenvalue weighted by Crippen LogP contribution is 2.50. The second-order valence-electron chi connectivity index (χ2n) is 3.28. The first kappa shape index (κ1) is 8.75. The Bertz CT molecular complexity index is 299. The summed E-state index contributed by atoms with van der Waals surface area (Å²) < 4.78 is 5.06. The minimum absolute atomic E-state index is 0.0440. The van der Waals surface area contributed by atoms with Gasteiger partial charge in [-0.1, -0.05) is 6.07 Å². The fraction of sp³-hybridized carbons (Fsp3) is 0.500. The molecule has 2 rings (SSSR count). The molecule has 1 aromatic rings. The summed E-state index contributed by atoms with van der Waals surface area (Å²) in [7, 11) is 0. The molecule has 3 heteroatoms. The van der Waals surface area contributed by atoms with Crippen LogP contribution in [0, 0.1) is 0 Å². The molecule has 1 aliphatic rings. The van der Waals surface area contributed by atoms with Crippen LogP contribution in [0.15, 0.2) is 17.5 Å². The number of hydrogen-bond acceptors (Lipinski definition) is 3. The van der Waals surface area contributed by atoms with Gasteiger partial charge in [0.1, 0.15) is 5.41 Å². The maximum Gasteiger partial charge on any atom is 0.317 e. The summed E-state index contributed by atoms with van der Waals surface area (Å²) in [5, 5.41) is 2.01. The van der Waals surface area contributed by atoms with Crippen molar-refractivity contribution in [3.8, 4) is 0 Å². The van der Waals surface area contributed by atoms with Gasteiger partial charge in [0, 0.05) is 4.88 Å². The predicted molar refractivity (Wildman–Crippen MR) is 51.9 cm³/mol. The molecular weight excluding hydrogens is 184 g/mol. The van der Waals surface area contributed by atoms with E-state index in [1.807, 2.05) is 24.4 Å². The standard InChI is InChI=1S/C10H12O2S/c1-2-12-9(11)10(5-6-10)8-4-3-7-13-8/h3-4,7H,2,5-6H2,1H3. The van der Waals surface area contributed by atoms with E-state index in [-0.39, 0.29) is 11.4 Å². The molecule has 0 radical (unpaired) electrons. The molecule has 0 aromatic carbocycles. The normalized spacial score (nSPS) is 18.2. The molecule has 0 bridgehead atoms. The molecule has 0 aliphatic heterocycles. The van der Waals surface area contributed by atoms with Crippen LogP contribution >= 0.6 is 11.3 Å². The van der Waals surface area contributed by atoms with E-state index in [0.717, 1.165) is 17.7 Å². The van der Waals surface area contributed by atoms with Crippen molar-refractivity contribution in [1.82, 2.24) is 0 Å². The summed E-state index contributed by atoms with van der Waals surface area (Å²) >= 11 is 1.65. The molecule has 70 valence electrons. The van der Waals surface area contributed by atoms with E-state index in [4.69, 9.17) is 4.74 Å². The summed E-state index contributed by atoms with van der Waals surface area (Å²) in [6.45, 7) is 2.33. The number of carbonyl (C=O) groups is 1. The highest BCUT2D eigenvalue weighted by molar-refractivity contribution is 7.10. The maximum absolute atomic E-state index is 11.6. The predicted octanol–water partition coefficient (Wildman–Crippen LogP) is 2.34. The molecule has 0 N–H and O–H groups in total. The molecule has 2 nitrogen and oxygen atoms in total. The van der Waals surface area contributed by atoms with Gasteiger partial charge in [-0.2, -0.15) is 0 Å². The first-order valence-electron chi connectivity index (χ1n) is 4.51. The molecule has 1 aromatic heterocycles. The van der Waals surface area contributed by atoms with Crippen LogP contribution in [-0.2, 0) is 14.9 Å². The third kappa shape index (κ3) is 1.37. The smallest absolute Gasteiger partial charge is 0.317 e. The molecule has 0 amide bonds. The quantitative estimate of drug-likeness (QED) is 0.694. The summed E-state index contributed by atoms with van der Waals surface area (Å²) in [5.74, 6) is -0.0440. The van der Waals surface area contributed by atoms with Crippen molar-refractivity contribution in [2.45, 2.75) is 25.2 Å². The largest absolute Gasteiger partial charge is 0.465 e. The average molecular weight is 196 g/mol. The van der Waals surface area contributed by atoms with Crippen LogP contribution in [-0.4, -0.2) is 12.6 Å². The van der Waals surface area contributed by atoms with E-state index in [2.05, 4.69) is 0 Å². The van der Waals surface area contributed by atoms with Crippen molar-refractivity contribution in [2.75, 3.05) is 6.61 Å². The van der Waals surface area contributed by atoms with Crippen molar-refractivity contribution >= 4 is 17.3 Å². The lowest BCUT2D eigenvalue weighted by molar-refractivity contribution is -0.146. The van der Waals surface area contributed by atoms with E-state index in [1.165, 1.54) is 0 Å². The summed E-state index contributed by atoms with van der Waals surface area (Å²) in [5.41, 5.74) is -0.260. The first-order valence-corrected chi connectivity index (χ1v) is 5.39. The van der Waals surface area contributed by atoms with Crippen molar-refractivity contribution in [3.63, 3.8) is 0 Å². The molecule has 1 aliphatic carbocycles. The molecular formula is C10H12O2S. The van der Waals surface area contributed by atoms with E-state index < -0.39 is 0 Å². The monoisotopic (exact) mass is 196 g/mol. The van der Waals surface area contributed by atoms with Gasteiger partial charge in [-0.25, -0.2) is 0 Å². The van der Waals surface area contributed by atoms with E-state index in [1.54, 1.807) is 11.3 Å². The van der Waals surface area contributed by atoms with Gasteiger partial charge in [0.2, 0.25) is 0 Å². The van der Waals surface area contributed by atoms with Crippen molar-refractivity contribution in [1.29, 1.82) is 0 Å². The number of esters is 1. The van der Waals surface area contributed by atoms with Gasteiger partial charge in [0.15, 0.2) is 0 Å². The lowest BCUT2D eigenvalue weighted by Gasteiger charge is -2.10. The molecule has 1 heterocycles. The Labute approximate surface area is 81.5 Å². The van der Waals surface area contributed by atoms with E-state index >= 15 is 0 Å². The fourth-order valence-corrected chi connectivity index (χ4v) is 2.47. The van der Waals surface area contributed by atoms with Crippen LogP contribution in [0.2, 0.25) is 0 Å². The number of rotatable bonds is 3. The van der Waals surface area contributed by atoms with Gasteiger partial charge in [0.25, 0.3) is 0 Å². The van der Waals surface area contributed by atoms with Crippen LogP contribution in [0.1, 0.15) is 24.6 Å². The lowest BCUT2D eigenvalue weighted by atomic mass is 10.1. The first-order chi connectivity index (χ1) is 6.29. The number of hydrogen-bond donors (Lipinski definition) is 0. The highest BCUT2D eigenvalue weighted by atomic mass is 32.1. The summed E-state index contributed by atoms with van der Waals surface area (Å²) in [6, 6.07) is 4.01. The third-order valence-corrected chi connectivity index (χ3v) is 3.48. The molecule has 1 saturated carbocycles. The van der Waals surface area contributed by atoms with Gasteiger partial charge in [0.05, 0.1) is 6.61 Å². The minimum Gasteiger partial charge on any atom is -0.465 e. The number of ether oxygens (including phenoxy) is 1. The molecule has 0 spiro atoms. The Morgan fingerprint density at radius 2 is 2.46 bits per heavy atom. The van der Waals surface area contributed by atoms with Gasteiger partial charge in [-0.3, -0.25) is 4.79 Å². The topological polar surface area (TPSA) is 26.3 Å². The maximum atomic E-state index is 11.6. The Morgan fingerprint density at radius 1 is 1.69 bits per heavy atom. The molecule has 0 atom stereocenters. The fourth-order valence-electron chi connectivity index (χ4n) is 1.50. The van der Waals surface area contributed by atoms with Crippen LogP contribution in [0.3, 0.4) is 0 Å². The third-order valence-electron chi connectivity index (χ3n) is 2.41. The highest BCUT2D eigenvalue weighted by Gasteiger charge is 2.53. The SMILES string of the molecule is CCOC(=O)C1(c2cccs2)CC1. The Hall–Kier alpha value is -0.830. The second kappa shape index (κ2) is 3.14.